The van der Waals surface area contributed by atoms with Gasteiger partial charge in [0.15, 0.2) is 0 Å². The van der Waals surface area contributed by atoms with Crippen LogP contribution in [0.5, 0.6) is 5.75 Å². The van der Waals surface area contributed by atoms with E-state index in [1.807, 2.05) is 24.3 Å². The highest BCUT2D eigenvalue weighted by atomic mass is 32.2. The summed E-state index contributed by atoms with van der Waals surface area (Å²) in [5.74, 6) is -0.376. The number of nitrogens with zero attached hydrogens (tertiary/aromatic N) is 1. The number of carbonyl (C=O) groups is 1. The van der Waals surface area contributed by atoms with Crippen molar-refractivity contribution in [3.8, 4) is 5.75 Å². The molecular formula is C23H23FN2O4S. The first-order valence-electron chi connectivity index (χ1n) is 9.58. The number of nitrogens with one attached hydrogen (secondary N) is 1. The summed E-state index contributed by atoms with van der Waals surface area (Å²) in [6.45, 7) is -0.189. The summed E-state index contributed by atoms with van der Waals surface area (Å²) < 4.78 is 45.9. The van der Waals surface area contributed by atoms with Crippen LogP contribution in [0.25, 0.3) is 0 Å². The summed E-state index contributed by atoms with van der Waals surface area (Å²) in [5, 5.41) is 2.74. The number of carbonyl (C=O) groups excluding carboxylic acids is 1. The zero-order chi connectivity index (χ0) is 22.3. The van der Waals surface area contributed by atoms with Crippen LogP contribution in [0, 0.1) is 5.82 Å². The maximum Gasteiger partial charge on any atom is 0.243 e. The van der Waals surface area contributed by atoms with Crippen molar-refractivity contribution in [2.24, 2.45) is 0 Å². The van der Waals surface area contributed by atoms with Gasteiger partial charge >= 0.3 is 0 Å². The van der Waals surface area contributed by atoms with Gasteiger partial charge in [0.05, 0.1) is 18.6 Å². The Bertz CT molecular complexity index is 1120. The molecule has 0 saturated heterocycles. The highest BCUT2D eigenvalue weighted by Gasteiger charge is 2.27. The minimum absolute atomic E-state index is 0.00261. The predicted octanol–water partition coefficient (Wildman–Crippen LogP) is 3.34. The number of rotatable bonds is 9. The number of benzene rings is 3. The van der Waals surface area contributed by atoms with E-state index in [0.29, 0.717) is 5.75 Å². The monoisotopic (exact) mass is 442 g/mol. The number of para-hydroxylation sites is 1. The second kappa shape index (κ2) is 10.2. The van der Waals surface area contributed by atoms with Crippen molar-refractivity contribution in [1.29, 1.82) is 0 Å². The largest absolute Gasteiger partial charge is 0.496 e. The highest BCUT2D eigenvalue weighted by molar-refractivity contribution is 7.89. The molecule has 0 saturated carbocycles. The molecule has 1 N–H and O–H groups in total. The normalized spacial score (nSPS) is 11.3. The Morgan fingerprint density at radius 3 is 2.29 bits per heavy atom. The number of methoxy groups -OCH3 is 1. The Balaban J connectivity index is 1.79. The van der Waals surface area contributed by atoms with Crippen molar-refractivity contribution in [3.05, 3.63) is 95.8 Å². The molecule has 0 fully saturated rings. The van der Waals surface area contributed by atoms with E-state index in [4.69, 9.17) is 4.74 Å². The fraction of sp³-hybridized carbons (Fsp3) is 0.174. The van der Waals surface area contributed by atoms with Gasteiger partial charge in [0.2, 0.25) is 15.9 Å². The van der Waals surface area contributed by atoms with Gasteiger partial charge < -0.3 is 10.1 Å². The summed E-state index contributed by atoms with van der Waals surface area (Å²) in [6.07, 6.45) is 0. The number of sulfonamides is 1. The lowest BCUT2D eigenvalue weighted by molar-refractivity contribution is -0.121. The number of ether oxygens (including phenoxy) is 1. The molecule has 31 heavy (non-hydrogen) atoms. The fourth-order valence-electron chi connectivity index (χ4n) is 3.03. The van der Waals surface area contributed by atoms with Gasteiger partial charge in [-0.05, 0) is 35.9 Å². The Labute approximate surface area is 181 Å². The average molecular weight is 443 g/mol. The van der Waals surface area contributed by atoms with E-state index in [-0.39, 0.29) is 24.5 Å². The standard InChI is InChI=1S/C23H23FN2O4S/c1-30-22-10-6-5-9-19(22)15-25-23(27)17-26(16-18-7-3-2-4-8-18)31(28,29)21-13-11-20(24)12-14-21/h2-14H,15-17H2,1H3,(H,25,27). The maximum atomic E-state index is 13.3. The molecule has 3 rings (SSSR count). The van der Waals surface area contributed by atoms with Gasteiger partial charge in [0.1, 0.15) is 11.6 Å². The van der Waals surface area contributed by atoms with Crippen LogP contribution in [-0.2, 0) is 27.9 Å². The Hall–Kier alpha value is -3.23. The Morgan fingerprint density at radius 2 is 1.61 bits per heavy atom. The molecule has 3 aromatic rings. The molecule has 6 nitrogen and oxygen atoms in total. The van der Waals surface area contributed by atoms with Crippen LogP contribution in [0.15, 0.2) is 83.8 Å². The molecule has 162 valence electrons. The van der Waals surface area contributed by atoms with Crippen LogP contribution in [0.4, 0.5) is 4.39 Å². The molecule has 0 radical (unpaired) electrons. The van der Waals surface area contributed by atoms with Crippen molar-refractivity contribution in [1.82, 2.24) is 9.62 Å². The van der Waals surface area contributed by atoms with Crippen molar-refractivity contribution < 1.29 is 22.3 Å². The molecule has 0 aliphatic heterocycles. The summed E-state index contributed by atoms with van der Waals surface area (Å²) in [5.41, 5.74) is 1.50. The van der Waals surface area contributed by atoms with Gasteiger partial charge in [-0.2, -0.15) is 4.31 Å². The Morgan fingerprint density at radius 1 is 0.968 bits per heavy atom. The molecule has 0 heterocycles. The second-order valence-corrected chi connectivity index (χ2v) is 8.74. The Kier molecular flexibility index (Phi) is 7.38. The molecule has 0 spiro atoms. The van der Waals surface area contributed by atoms with Crippen LogP contribution in [0.3, 0.4) is 0 Å². The molecule has 0 atom stereocenters. The van der Waals surface area contributed by atoms with Crippen LogP contribution in [-0.4, -0.2) is 32.3 Å². The minimum Gasteiger partial charge on any atom is -0.496 e. The van der Waals surface area contributed by atoms with Gasteiger partial charge in [-0.25, -0.2) is 12.8 Å². The summed E-state index contributed by atoms with van der Waals surface area (Å²) in [4.78, 5) is 12.5. The van der Waals surface area contributed by atoms with Crippen LogP contribution >= 0.6 is 0 Å². The molecule has 8 heteroatoms. The number of amides is 1. The molecule has 3 aromatic carbocycles. The van der Waals surface area contributed by atoms with E-state index in [2.05, 4.69) is 5.32 Å². The molecule has 0 aliphatic carbocycles. The second-order valence-electron chi connectivity index (χ2n) is 6.80. The van der Waals surface area contributed by atoms with E-state index < -0.39 is 21.7 Å². The third-order valence-electron chi connectivity index (χ3n) is 4.64. The third-order valence-corrected chi connectivity index (χ3v) is 6.45. The fourth-order valence-corrected chi connectivity index (χ4v) is 4.41. The average Bonchev–Trinajstić information content (AvgIpc) is 2.78. The van der Waals surface area contributed by atoms with Gasteiger partial charge in [0.25, 0.3) is 0 Å². The van der Waals surface area contributed by atoms with Crippen molar-refractivity contribution in [2.75, 3.05) is 13.7 Å². The van der Waals surface area contributed by atoms with Crippen LogP contribution in [0.2, 0.25) is 0 Å². The summed E-state index contributed by atoms with van der Waals surface area (Å²) in [6, 6.07) is 20.7. The third kappa shape index (κ3) is 5.90. The van der Waals surface area contributed by atoms with Gasteiger partial charge in [0, 0.05) is 18.7 Å². The maximum absolute atomic E-state index is 13.3. The lowest BCUT2D eigenvalue weighted by Crippen LogP contribution is -2.40. The quantitative estimate of drug-likeness (QED) is 0.552. The number of hydrogen-bond acceptors (Lipinski definition) is 4. The molecule has 0 bridgehead atoms. The summed E-state index contributed by atoms with van der Waals surface area (Å²) in [7, 11) is -2.49. The summed E-state index contributed by atoms with van der Waals surface area (Å²) >= 11 is 0. The molecule has 1 amide bonds. The first-order valence-corrected chi connectivity index (χ1v) is 11.0. The van der Waals surface area contributed by atoms with Gasteiger partial charge in [-0.1, -0.05) is 48.5 Å². The molecule has 0 aromatic heterocycles. The van der Waals surface area contributed by atoms with E-state index in [0.717, 1.165) is 27.6 Å². The van der Waals surface area contributed by atoms with Gasteiger partial charge in [-0.15, -0.1) is 0 Å². The lowest BCUT2D eigenvalue weighted by atomic mass is 10.2. The zero-order valence-electron chi connectivity index (χ0n) is 17.0. The van der Waals surface area contributed by atoms with Crippen LogP contribution < -0.4 is 10.1 Å². The first-order chi connectivity index (χ1) is 14.9. The number of hydrogen-bond donors (Lipinski definition) is 1. The minimum atomic E-state index is -4.03. The van der Waals surface area contributed by atoms with Crippen molar-refractivity contribution >= 4 is 15.9 Å². The molecule has 0 aliphatic rings. The predicted molar refractivity (Wildman–Crippen MR) is 115 cm³/mol. The van der Waals surface area contributed by atoms with Gasteiger partial charge in [-0.3, -0.25) is 4.79 Å². The smallest absolute Gasteiger partial charge is 0.243 e. The SMILES string of the molecule is COc1ccccc1CNC(=O)CN(Cc1ccccc1)S(=O)(=O)c1ccc(F)cc1. The van der Waals surface area contributed by atoms with E-state index in [1.165, 1.54) is 19.2 Å². The zero-order valence-corrected chi connectivity index (χ0v) is 17.8. The van der Waals surface area contributed by atoms with E-state index >= 15 is 0 Å². The lowest BCUT2D eigenvalue weighted by Gasteiger charge is -2.22. The van der Waals surface area contributed by atoms with Crippen LogP contribution in [0.1, 0.15) is 11.1 Å². The van der Waals surface area contributed by atoms with Crippen molar-refractivity contribution in [3.63, 3.8) is 0 Å². The molecular weight excluding hydrogens is 419 g/mol. The highest BCUT2D eigenvalue weighted by Crippen LogP contribution is 2.20. The van der Waals surface area contributed by atoms with E-state index in [1.54, 1.807) is 30.3 Å². The van der Waals surface area contributed by atoms with Crippen molar-refractivity contribution in [2.45, 2.75) is 18.0 Å². The number of halogens is 1. The first kappa shape index (κ1) is 22.5. The molecule has 0 unspecified atom stereocenters. The van der Waals surface area contributed by atoms with E-state index in [9.17, 15) is 17.6 Å². The topological polar surface area (TPSA) is 75.7 Å².